The first-order valence-electron chi connectivity index (χ1n) is 25.9. The van der Waals surface area contributed by atoms with E-state index in [1.165, 1.54) is 6.08 Å². The molecular weight excluding hydrogens is 955 g/mol. The third-order valence-corrected chi connectivity index (χ3v) is 17.0. The van der Waals surface area contributed by atoms with Gasteiger partial charge < -0.3 is 45.1 Å². The van der Waals surface area contributed by atoms with Gasteiger partial charge in [-0.2, -0.15) is 0 Å². The standard InChI is InChI=1S/C60H63N3O12/c1-4-26-72-53(69)23-22-48(63-52(68)32-61-57(71)73-34-46-43-14-7-5-12-41(43)42-13-6-8-15-44(42)46)55(70)62-39-11-9-10-36(28-39)27-35-16-18-37(19-17-35)56-74-51-30-47-45-21-20-38-29-40(65)24-25-58(38,2)54(45)49(66)31-59(47,3)60(51,75-56)50(67)33-64/h4-19,24-25,28-29,45-49,51,54,56,64,66H,1,20-23,26-27,30-34H2,2-3H3,(H,61,71)(H,62,70)(H,63,68)/t45-,47-,48?,49-,51?,54+,56?,58-,59-,60+/m0/s1. The third kappa shape index (κ3) is 9.56. The fourth-order valence-corrected chi connectivity index (χ4v) is 13.7. The number of fused-ring (bicyclic) bond motifs is 10. The lowest BCUT2D eigenvalue weighted by molar-refractivity contribution is -0.201. The van der Waals surface area contributed by atoms with Crippen molar-refractivity contribution in [1.29, 1.82) is 0 Å². The summed E-state index contributed by atoms with van der Waals surface area (Å²) >= 11 is 0. The van der Waals surface area contributed by atoms with Crippen LogP contribution in [0.25, 0.3) is 11.1 Å². The van der Waals surface area contributed by atoms with E-state index in [-0.39, 0.29) is 61.9 Å². The van der Waals surface area contributed by atoms with Gasteiger partial charge >= 0.3 is 12.1 Å². The van der Waals surface area contributed by atoms with Gasteiger partial charge in [0.05, 0.1) is 12.2 Å². The number of benzene rings is 4. The van der Waals surface area contributed by atoms with Gasteiger partial charge in [-0.25, -0.2) is 4.79 Å². The normalized spacial score (nSPS) is 28.2. The van der Waals surface area contributed by atoms with E-state index >= 15 is 0 Å². The van der Waals surface area contributed by atoms with Crippen molar-refractivity contribution >= 4 is 41.1 Å². The fourth-order valence-electron chi connectivity index (χ4n) is 13.7. The summed E-state index contributed by atoms with van der Waals surface area (Å²) in [6, 6.07) is 29.6. The van der Waals surface area contributed by atoms with E-state index in [2.05, 4.69) is 29.5 Å². The average molecular weight is 1020 g/mol. The molecule has 5 aliphatic carbocycles. The molecule has 6 aliphatic rings. The number of aliphatic hydroxyl groups is 2. The molecule has 4 aromatic carbocycles. The Morgan fingerprint density at radius 3 is 2.37 bits per heavy atom. The van der Waals surface area contributed by atoms with Crippen LogP contribution in [0.3, 0.4) is 0 Å². The van der Waals surface area contributed by atoms with E-state index in [4.69, 9.17) is 18.9 Å². The summed E-state index contributed by atoms with van der Waals surface area (Å²) in [4.78, 5) is 78.8. The molecule has 5 N–H and O–H groups in total. The van der Waals surface area contributed by atoms with Crippen molar-refractivity contribution in [2.45, 2.75) is 94.9 Å². The number of aliphatic hydroxyl groups excluding tert-OH is 2. The van der Waals surface area contributed by atoms with Gasteiger partial charge in [0, 0.05) is 40.3 Å². The van der Waals surface area contributed by atoms with Crippen molar-refractivity contribution in [3.05, 3.63) is 161 Å². The van der Waals surface area contributed by atoms with Crippen LogP contribution in [-0.2, 0) is 49.3 Å². The van der Waals surface area contributed by atoms with E-state index in [9.17, 15) is 39.0 Å². The lowest BCUT2D eigenvalue weighted by Crippen LogP contribution is -2.63. The van der Waals surface area contributed by atoms with Crippen molar-refractivity contribution in [2.75, 3.05) is 31.7 Å². The number of Topliss-reactive ketones (excluding diaryl/α,β-unsaturated/α-hetero) is 1. The number of carbonyl (C=O) groups is 6. The van der Waals surface area contributed by atoms with Gasteiger partial charge in [-0.1, -0.05) is 123 Å². The van der Waals surface area contributed by atoms with Crippen molar-refractivity contribution < 1.29 is 57.9 Å². The molecule has 1 aliphatic heterocycles. The van der Waals surface area contributed by atoms with Crippen LogP contribution < -0.4 is 16.0 Å². The van der Waals surface area contributed by atoms with Crippen LogP contribution >= 0.6 is 0 Å². The van der Waals surface area contributed by atoms with Crippen molar-refractivity contribution in [1.82, 2.24) is 10.6 Å². The molecular formula is C60H63N3O12. The Balaban J connectivity index is 0.761. The number of carbonyl (C=O) groups excluding carboxylic acids is 6. The van der Waals surface area contributed by atoms with Crippen molar-refractivity contribution in [3.8, 4) is 11.1 Å². The van der Waals surface area contributed by atoms with Crippen LogP contribution in [0, 0.1) is 28.6 Å². The molecule has 3 saturated carbocycles. The fraction of sp³-hybridized carbons (Fsp3) is 0.400. The Kier molecular flexibility index (Phi) is 14.4. The first kappa shape index (κ1) is 51.4. The van der Waals surface area contributed by atoms with Gasteiger partial charge in [0.15, 0.2) is 23.5 Å². The zero-order valence-corrected chi connectivity index (χ0v) is 42.1. The Hall–Kier alpha value is -7.04. The number of ketones is 2. The second-order valence-corrected chi connectivity index (χ2v) is 21.3. The van der Waals surface area contributed by atoms with E-state index < -0.39 is 83.8 Å². The van der Waals surface area contributed by atoms with Crippen LogP contribution in [0.1, 0.15) is 92.4 Å². The Labute approximate surface area is 435 Å². The van der Waals surface area contributed by atoms with Gasteiger partial charge in [-0.15, -0.1) is 0 Å². The number of hydrogen-bond acceptors (Lipinski definition) is 12. The number of amides is 3. The molecule has 0 spiro atoms. The topological polar surface area (TPSA) is 216 Å². The van der Waals surface area contributed by atoms with E-state index in [0.717, 1.165) is 51.8 Å². The van der Waals surface area contributed by atoms with Crippen LogP contribution in [0.5, 0.6) is 0 Å². The van der Waals surface area contributed by atoms with Gasteiger partial charge in [0.1, 0.15) is 32.4 Å². The van der Waals surface area contributed by atoms with Crippen LogP contribution in [0.4, 0.5) is 10.5 Å². The summed E-state index contributed by atoms with van der Waals surface area (Å²) in [5.74, 6) is -2.61. The summed E-state index contributed by atoms with van der Waals surface area (Å²) in [5, 5.41) is 30.4. The molecule has 10 rings (SSSR count). The summed E-state index contributed by atoms with van der Waals surface area (Å²) in [7, 11) is 0. The van der Waals surface area contributed by atoms with E-state index in [1.807, 2.05) is 97.9 Å². The van der Waals surface area contributed by atoms with Gasteiger partial charge in [0.25, 0.3) is 0 Å². The van der Waals surface area contributed by atoms with Gasteiger partial charge in [0.2, 0.25) is 11.8 Å². The SMILES string of the molecule is C=CCOC(=O)CCC(NC(=O)CNC(=O)OCC1c2ccccc2-c2ccccc21)C(=O)Nc1cccc(Cc2ccc(C3OC4C[C@H]5[C@@H]6CCC7=CC(=O)C=C[C@]7(C)[C@H]6[C@@H](O)C[C@]5(C)[C@]4(C(=O)CO)O3)cc2)c1. The zero-order valence-electron chi connectivity index (χ0n) is 42.1. The molecule has 3 amide bonds. The summed E-state index contributed by atoms with van der Waals surface area (Å²) in [5.41, 5.74) is 5.46. The monoisotopic (exact) mass is 1020 g/mol. The third-order valence-electron chi connectivity index (χ3n) is 17.0. The molecule has 0 bridgehead atoms. The lowest BCUT2D eigenvalue weighted by atomic mass is 9.46. The average Bonchev–Trinajstić information content (AvgIpc) is 4.03. The lowest BCUT2D eigenvalue weighted by Gasteiger charge is -2.59. The van der Waals surface area contributed by atoms with Gasteiger partial charge in [-0.3, -0.25) is 24.0 Å². The molecule has 0 radical (unpaired) electrons. The smallest absolute Gasteiger partial charge is 0.407 e. The molecule has 3 unspecified atom stereocenters. The predicted molar refractivity (Wildman–Crippen MR) is 277 cm³/mol. The van der Waals surface area contributed by atoms with Crippen molar-refractivity contribution in [2.24, 2.45) is 28.6 Å². The number of allylic oxidation sites excluding steroid dienone is 4. The molecule has 4 aromatic rings. The largest absolute Gasteiger partial charge is 0.461 e. The molecule has 15 nitrogen and oxygen atoms in total. The minimum Gasteiger partial charge on any atom is -0.461 e. The second-order valence-electron chi connectivity index (χ2n) is 21.3. The van der Waals surface area contributed by atoms with Crippen LogP contribution in [0.2, 0.25) is 0 Å². The maximum absolute atomic E-state index is 14.1. The predicted octanol–water partition coefficient (Wildman–Crippen LogP) is 7.35. The Morgan fingerprint density at radius 1 is 0.920 bits per heavy atom. The number of alkyl carbamates (subject to hydrolysis) is 1. The minimum atomic E-state index is -1.47. The highest BCUT2D eigenvalue weighted by atomic mass is 16.7. The number of ether oxygens (including phenoxy) is 4. The molecule has 1 saturated heterocycles. The number of nitrogens with one attached hydrogen (secondary N) is 3. The maximum Gasteiger partial charge on any atom is 0.407 e. The summed E-state index contributed by atoms with van der Waals surface area (Å²) < 4.78 is 24.1. The maximum atomic E-state index is 14.1. The number of anilines is 1. The Bertz CT molecular complexity index is 2940. The highest BCUT2D eigenvalue weighted by molar-refractivity contribution is 6.01. The first-order chi connectivity index (χ1) is 36.1. The Morgan fingerprint density at radius 2 is 1.65 bits per heavy atom. The van der Waals surface area contributed by atoms with Gasteiger partial charge in [-0.05, 0) is 108 Å². The highest BCUT2D eigenvalue weighted by Crippen LogP contribution is 2.70. The summed E-state index contributed by atoms with van der Waals surface area (Å²) in [6.07, 6.45) is 6.10. The quantitative estimate of drug-likeness (QED) is 0.0519. The molecule has 390 valence electrons. The highest BCUT2D eigenvalue weighted by Gasteiger charge is 2.76. The van der Waals surface area contributed by atoms with Crippen LogP contribution in [0.15, 0.2) is 134 Å². The molecule has 1 heterocycles. The van der Waals surface area contributed by atoms with E-state index in [0.29, 0.717) is 24.1 Å². The minimum absolute atomic E-state index is 0.00730. The van der Waals surface area contributed by atoms with Crippen molar-refractivity contribution in [3.63, 3.8) is 0 Å². The van der Waals surface area contributed by atoms with Crippen LogP contribution in [-0.4, -0.2) is 95.9 Å². The number of hydrogen-bond donors (Lipinski definition) is 5. The molecule has 0 aromatic heterocycles. The molecule has 10 atom stereocenters. The summed E-state index contributed by atoms with van der Waals surface area (Å²) in [6.45, 7) is 6.51. The molecule has 15 heteroatoms. The second kappa shape index (κ2) is 20.9. The number of rotatable bonds is 17. The first-order valence-corrected chi connectivity index (χ1v) is 25.9. The number of esters is 1. The molecule has 75 heavy (non-hydrogen) atoms. The zero-order chi connectivity index (χ0) is 52.6. The van der Waals surface area contributed by atoms with E-state index in [1.54, 1.807) is 24.3 Å². The molecule has 4 fully saturated rings.